The average molecular weight is 528 g/mol. The van der Waals surface area contributed by atoms with E-state index in [2.05, 4.69) is 10.6 Å². The lowest BCUT2D eigenvalue weighted by Gasteiger charge is -2.43. The van der Waals surface area contributed by atoms with Crippen LogP contribution in [0.15, 0.2) is 12.1 Å². The van der Waals surface area contributed by atoms with Crippen LogP contribution in [-0.4, -0.2) is 62.0 Å². The van der Waals surface area contributed by atoms with Crippen molar-refractivity contribution in [1.82, 2.24) is 15.5 Å². The molecule has 3 N–H and O–H groups in total. The van der Waals surface area contributed by atoms with E-state index in [0.29, 0.717) is 64.0 Å². The number of hydrogen-bond donors (Lipinski definition) is 3. The van der Waals surface area contributed by atoms with Gasteiger partial charge in [0.25, 0.3) is 0 Å². The minimum Gasteiger partial charge on any atom is -0.385 e. The number of likely N-dealkylation sites (N-methyl/N-ethyl adjacent to an activating group) is 1. The Morgan fingerprint density at radius 1 is 1.19 bits per heavy atom. The molecule has 1 saturated carbocycles. The normalized spacial score (nSPS) is 21.1. The molecule has 3 atom stereocenters. The van der Waals surface area contributed by atoms with Crippen LogP contribution in [0.4, 0.5) is 18.0 Å². The number of carbonyl (C=O) groups is 1. The van der Waals surface area contributed by atoms with Crippen LogP contribution >= 0.6 is 0 Å². The maximum atomic E-state index is 14.9. The number of nitrogens with one attached hydrogen (secondary N) is 2. The van der Waals surface area contributed by atoms with E-state index in [4.69, 9.17) is 4.74 Å². The van der Waals surface area contributed by atoms with Gasteiger partial charge in [-0.1, -0.05) is 25.7 Å². The van der Waals surface area contributed by atoms with E-state index >= 15 is 0 Å². The van der Waals surface area contributed by atoms with E-state index in [9.17, 15) is 23.1 Å². The summed E-state index contributed by atoms with van der Waals surface area (Å²) in [5.74, 6) is -3.45. The Bertz CT molecular complexity index is 869. The number of likely N-dealkylation sites (tertiary alicyclic amines) is 1. The van der Waals surface area contributed by atoms with Crippen molar-refractivity contribution in [1.29, 1.82) is 0 Å². The molecule has 0 radical (unpaired) electrons. The molecule has 2 amide bonds. The van der Waals surface area contributed by atoms with Crippen LogP contribution < -0.4 is 10.6 Å². The fourth-order valence-electron chi connectivity index (χ4n) is 6.08. The summed E-state index contributed by atoms with van der Waals surface area (Å²) in [6.45, 7) is 4.30. The van der Waals surface area contributed by atoms with Crippen LogP contribution in [0.3, 0.4) is 0 Å². The van der Waals surface area contributed by atoms with Crippen molar-refractivity contribution >= 4 is 6.03 Å². The summed E-state index contributed by atoms with van der Waals surface area (Å²) in [6.07, 6.45) is 8.12. The van der Waals surface area contributed by atoms with E-state index < -0.39 is 29.0 Å². The van der Waals surface area contributed by atoms with Crippen LogP contribution in [-0.2, 0) is 10.3 Å². The van der Waals surface area contributed by atoms with Gasteiger partial charge in [0.15, 0.2) is 11.6 Å². The highest BCUT2D eigenvalue weighted by atomic mass is 19.2. The van der Waals surface area contributed by atoms with Gasteiger partial charge in [-0.25, -0.2) is 18.0 Å². The summed E-state index contributed by atoms with van der Waals surface area (Å²) in [5, 5.41) is 18.2. The monoisotopic (exact) mass is 527 g/mol. The molecule has 6 nitrogen and oxygen atoms in total. The molecule has 37 heavy (non-hydrogen) atoms. The first kappa shape index (κ1) is 29.7. The lowest BCUT2D eigenvalue weighted by Crippen LogP contribution is -2.54. The summed E-state index contributed by atoms with van der Waals surface area (Å²) < 4.78 is 48.7. The van der Waals surface area contributed by atoms with Gasteiger partial charge < -0.3 is 25.4 Å². The Morgan fingerprint density at radius 2 is 1.95 bits per heavy atom. The van der Waals surface area contributed by atoms with Crippen molar-refractivity contribution < 1.29 is 27.8 Å². The number of piperidine rings is 1. The quantitative estimate of drug-likeness (QED) is 0.247. The summed E-state index contributed by atoms with van der Waals surface area (Å²) in [4.78, 5) is 14.9. The number of ether oxygens (including phenoxy) is 1. The highest BCUT2D eigenvalue weighted by Crippen LogP contribution is 2.41. The Kier molecular flexibility index (Phi) is 11.5. The van der Waals surface area contributed by atoms with Gasteiger partial charge in [0, 0.05) is 56.4 Å². The Balaban J connectivity index is 1.75. The van der Waals surface area contributed by atoms with Gasteiger partial charge in [-0.15, -0.1) is 0 Å². The molecular formula is C28H44F3N3O3. The molecule has 1 unspecified atom stereocenters. The first-order valence-electron chi connectivity index (χ1n) is 13.9. The zero-order chi connectivity index (χ0) is 26.8. The highest BCUT2D eigenvalue weighted by molar-refractivity contribution is 5.74. The maximum Gasteiger partial charge on any atom is 0.317 e. The number of urea groups is 1. The van der Waals surface area contributed by atoms with Crippen molar-refractivity contribution in [3.63, 3.8) is 0 Å². The number of amides is 2. The highest BCUT2D eigenvalue weighted by Gasteiger charge is 2.43. The fraction of sp³-hybridized carbons (Fsp3) is 0.750. The number of hydrogen-bond acceptors (Lipinski definition) is 4. The molecule has 0 bridgehead atoms. The molecule has 1 aliphatic carbocycles. The lowest BCUT2D eigenvalue weighted by molar-refractivity contribution is -0.0595. The zero-order valence-corrected chi connectivity index (χ0v) is 22.3. The first-order chi connectivity index (χ1) is 17.8. The zero-order valence-electron chi connectivity index (χ0n) is 22.3. The minimum atomic E-state index is -1.81. The number of aliphatic hydroxyl groups is 1. The van der Waals surface area contributed by atoms with Crippen molar-refractivity contribution in [3.05, 3.63) is 35.1 Å². The fourth-order valence-corrected chi connectivity index (χ4v) is 6.08. The van der Waals surface area contributed by atoms with Gasteiger partial charge in [-0.2, -0.15) is 0 Å². The second-order valence-corrected chi connectivity index (χ2v) is 10.7. The third kappa shape index (κ3) is 8.07. The maximum absolute atomic E-state index is 14.9. The first-order valence-corrected chi connectivity index (χ1v) is 13.9. The predicted octanol–water partition coefficient (Wildman–Crippen LogP) is 5.09. The van der Waals surface area contributed by atoms with Crippen LogP contribution in [0.5, 0.6) is 0 Å². The number of rotatable bonds is 13. The molecule has 1 aromatic rings. The molecule has 0 aromatic heterocycles. The molecule has 0 spiro atoms. The summed E-state index contributed by atoms with van der Waals surface area (Å²) in [6, 6.07) is 1.16. The molecular weight excluding hydrogens is 483 g/mol. The van der Waals surface area contributed by atoms with Crippen molar-refractivity contribution in [2.24, 2.45) is 11.8 Å². The Morgan fingerprint density at radius 3 is 2.65 bits per heavy atom. The molecule has 1 saturated heterocycles. The van der Waals surface area contributed by atoms with E-state index in [1.54, 1.807) is 4.90 Å². The van der Waals surface area contributed by atoms with Crippen LogP contribution in [0.1, 0.15) is 76.7 Å². The molecule has 210 valence electrons. The summed E-state index contributed by atoms with van der Waals surface area (Å²) >= 11 is 0. The second kappa shape index (κ2) is 14.4. The summed E-state index contributed by atoms with van der Waals surface area (Å²) in [7, 11) is 1.86. The van der Waals surface area contributed by atoms with Gasteiger partial charge in [-0.05, 0) is 64.5 Å². The van der Waals surface area contributed by atoms with Crippen LogP contribution in [0, 0.1) is 29.3 Å². The van der Waals surface area contributed by atoms with Gasteiger partial charge in [-0.3, -0.25) is 0 Å². The standard InChI is InChI=1S/C28H44F3N3O3/c1-3-37-14-7-6-12-28(36,24-16-22(29)17-25(30)26(24)31)21-11-8-13-34(19-21)27(35)33-23(18-32-2)15-20-9-4-5-10-20/h16-17,20-21,23,32,36H,3-15,18-19H2,1-2H3,(H,33,35)/t21-,23?,28+/m1/s1. The Labute approximate surface area is 219 Å². The third-order valence-corrected chi connectivity index (χ3v) is 8.01. The number of benzene rings is 1. The van der Waals surface area contributed by atoms with Gasteiger partial charge in [0.1, 0.15) is 5.82 Å². The van der Waals surface area contributed by atoms with Gasteiger partial charge in [0.05, 0.1) is 5.60 Å². The number of carbonyl (C=O) groups excluding carboxylic acids is 1. The van der Waals surface area contributed by atoms with Crippen LogP contribution in [0.2, 0.25) is 0 Å². The van der Waals surface area contributed by atoms with Crippen molar-refractivity contribution in [2.45, 2.75) is 82.8 Å². The molecule has 2 fully saturated rings. The van der Waals surface area contributed by atoms with Crippen LogP contribution in [0.25, 0.3) is 0 Å². The van der Waals surface area contributed by atoms with Crippen molar-refractivity contribution in [2.75, 3.05) is 39.9 Å². The largest absolute Gasteiger partial charge is 0.385 e. The van der Waals surface area contributed by atoms with E-state index in [-0.39, 0.29) is 30.6 Å². The summed E-state index contributed by atoms with van der Waals surface area (Å²) in [5.41, 5.74) is -2.19. The molecule has 1 aliphatic heterocycles. The SMILES string of the molecule is CCOCCCC[C@@](O)(c1cc(F)cc(F)c1F)[C@@H]1CCCN(C(=O)NC(CNC)CC2CCCC2)C1. The molecule has 9 heteroatoms. The predicted molar refractivity (Wildman–Crippen MR) is 138 cm³/mol. The third-order valence-electron chi connectivity index (χ3n) is 8.01. The molecule has 1 aromatic carbocycles. The molecule has 1 heterocycles. The smallest absolute Gasteiger partial charge is 0.317 e. The van der Waals surface area contributed by atoms with Gasteiger partial charge >= 0.3 is 6.03 Å². The minimum absolute atomic E-state index is 0.00631. The topological polar surface area (TPSA) is 73.8 Å². The number of unbranched alkanes of at least 4 members (excludes halogenated alkanes) is 1. The molecule has 2 aliphatic rings. The van der Waals surface area contributed by atoms with E-state index in [0.717, 1.165) is 12.5 Å². The molecule has 3 rings (SSSR count). The Hall–Kier alpha value is -1.84. The average Bonchev–Trinajstić information content (AvgIpc) is 3.39. The number of halogens is 3. The lowest BCUT2D eigenvalue weighted by atomic mass is 9.74. The van der Waals surface area contributed by atoms with Crippen molar-refractivity contribution in [3.8, 4) is 0 Å². The van der Waals surface area contributed by atoms with E-state index in [1.807, 2.05) is 14.0 Å². The van der Waals surface area contributed by atoms with Gasteiger partial charge in [0.2, 0.25) is 0 Å². The second-order valence-electron chi connectivity index (χ2n) is 10.7. The number of nitrogens with zero attached hydrogens (tertiary/aromatic N) is 1. The van der Waals surface area contributed by atoms with E-state index in [1.165, 1.54) is 25.7 Å².